The van der Waals surface area contributed by atoms with Crippen LogP contribution in [0.5, 0.6) is 0 Å². The Balaban J connectivity index is 2.12. The fraction of sp³-hybridized carbons (Fsp3) is 0.375. The van der Waals surface area contributed by atoms with Crippen LogP contribution in [-0.2, 0) is 13.1 Å². The fourth-order valence-electron chi connectivity index (χ4n) is 2.22. The van der Waals surface area contributed by atoms with E-state index >= 15 is 0 Å². The molecule has 1 heterocycles. The van der Waals surface area contributed by atoms with E-state index in [2.05, 4.69) is 17.1 Å². The Hall–Kier alpha value is -1.10. The van der Waals surface area contributed by atoms with E-state index < -0.39 is 0 Å². The van der Waals surface area contributed by atoms with Gasteiger partial charge in [-0.2, -0.15) is 0 Å². The normalized spacial score (nSPS) is 10.9. The van der Waals surface area contributed by atoms with Crippen molar-refractivity contribution in [3.05, 3.63) is 50.9 Å². The van der Waals surface area contributed by atoms with Gasteiger partial charge in [-0.1, -0.05) is 18.5 Å². The van der Waals surface area contributed by atoms with Gasteiger partial charge in [0.2, 0.25) is 0 Å². The molecule has 0 atom stereocenters. The molecule has 0 radical (unpaired) electrons. The summed E-state index contributed by atoms with van der Waals surface area (Å²) in [6, 6.07) is 8.89. The molecule has 0 aliphatic carbocycles. The largest absolute Gasteiger partial charge is 0.369 e. The van der Waals surface area contributed by atoms with E-state index in [0.29, 0.717) is 6.54 Å². The highest BCUT2D eigenvalue weighted by molar-refractivity contribution is 7.16. The second-order valence-corrected chi connectivity index (χ2v) is 6.81. The summed E-state index contributed by atoms with van der Waals surface area (Å²) in [6.45, 7) is 4.49. The first-order valence-electron chi connectivity index (χ1n) is 7.04. The highest BCUT2D eigenvalue weighted by atomic mass is 35.5. The van der Waals surface area contributed by atoms with Gasteiger partial charge in [0.15, 0.2) is 0 Å². The van der Waals surface area contributed by atoms with E-state index in [4.69, 9.17) is 11.6 Å². The summed E-state index contributed by atoms with van der Waals surface area (Å²) in [6.07, 6.45) is 1.06. The second kappa shape index (κ2) is 7.78. The van der Waals surface area contributed by atoms with E-state index in [-0.39, 0.29) is 5.82 Å². The number of benzene rings is 1. The van der Waals surface area contributed by atoms with E-state index in [1.807, 2.05) is 25.2 Å². The lowest BCUT2D eigenvalue weighted by Crippen LogP contribution is -2.21. The number of halogens is 2. The van der Waals surface area contributed by atoms with E-state index in [0.717, 1.165) is 35.1 Å². The molecule has 0 fully saturated rings. The molecule has 0 aliphatic heterocycles. The van der Waals surface area contributed by atoms with Crippen molar-refractivity contribution in [1.82, 2.24) is 5.32 Å². The fourth-order valence-corrected chi connectivity index (χ4v) is 3.36. The Morgan fingerprint density at radius 1 is 1.29 bits per heavy atom. The molecule has 0 spiro atoms. The van der Waals surface area contributed by atoms with Gasteiger partial charge in [-0.25, -0.2) is 4.39 Å². The highest BCUT2D eigenvalue weighted by Crippen LogP contribution is 2.26. The van der Waals surface area contributed by atoms with Crippen LogP contribution in [0.2, 0.25) is 4.34 Å². The Labute approximate surface area is 134 Å². The molecule has 2 rings (SSSR count). The number of anilines is 1. The first kappa shape index (κ1) is 16.3. The van der Waals surface area contributed by atoms with Gasteiger partial charge in [-0.3, -0.25) is 0 Å². The number of thiophene rings is 1. The van der Waals surface area contributed by atoms with Crippen molar-refractivity contribution in [3.63, 3.8) is 0 Å². The van der Waals surface area contributed by atoms with Crippen LogP contribution in [0, 0.1) is 5.82 Å². The molecule has 1 aromatic heterocycles. The van der Waals surface area contributed by atoms with E-state index in [1.165, 1.54) is 10.9 Å². The summed E-state index contributed by atoms with van der Waals surface area (Å²) in [5.74, 6) is -0.195. The lowest BCUT2D eigenvalue weighted by Gasteiger charge is -2.22. The zero-order valence-electron chi connectivity index (χ0n) is 12.3. The predicted octanol–water partition coefficient (Wildman–Crippen LogP) is 4.68. The Morgan fingerprint density at radius 3 is 2.76 bits per heavy atom. The molecule has 1 aromatic carbocycles. The third kappa shape index (κ3) is 4.70. The second-order valence-electron chi connectivity index (χ2n) is 5.01. The molecule has 0 saturated heterocycles. The van der Waals surface area contributed by atoms with Crippen molar-refractivity contribution in [3.8, 4) is 0 Å². The molecule has 2 nitrogen and oxygen atoms in total. The Morgan fingerprint density at radius 2 is 2.10 bits per heavy atom. The maximum absolute atomic E-state index is 13.5. The van der Waals surface area contributed by atoms with Crippen LogP contribution in [0.3, 0.4) is 0 Å². The van der Waals surface area contributed by atoms with Gasteiger partial charge in [0, 0.05) is 24.2 Å². The molecule has 0 bridgehead atoms. The molecule has 2 aromatic rings. The average molecular weight is 327 g/mol. The monoisotopic (exact) mass is 326 g/mol. The molecule has 0 amide bonds. The van der Waals surface area contributed by atoms with Crippen molar-refractivity contribution < 1.29 is 4.39 Å². The topological polar surface area (TPSA) is 15.3 Å². The standard InChI is InChI=1S/C16H20ClFN2S/c1-3-8-19-10-12-9-13(18)4-6-15(12)20(2)11-14-5-7-16(17)21-14/h4-7,9,19H,3,8,10-11H2,1-2H3. The SMILES string of the molecule is CCCNCc1cc(F)ccc1N(C)Cc1ccc(Cl)s1. The Bertz CT molecular complexity index is 585. The lowest BCUT2D eigenvalue weighted by atomic mass is 10.1. The van der Waals surface area contributed by atoms with Crippen molar-refractivity contribution in [2.24, 2.45) is 0 Å². The first-order valence-corrected chi connectivity index (χ1v) is 8.24. The number of nitrogens with zero attached hydrogens (tertiary/aromatic N) is 1. The van der Waals surface area contributed by atoms with Gasteiger partial charge >= 0.3 is 0 Å². The zero-order chi connectivity index (χ0) is 15.2. The van der Waals surface area contributed by atoms with Crippen LogP contribution in [0.15, 0.2) is 30.3 Å². The van der Waals surface area contributed by atoms with Crippen LogP contribution in [0.1, 0.15) is 23.8 Å². The summed E-state index contributed by atoms with van der Waals surface area (Å²) in [4.78, 5) is 3.32. The van der Waals surface area contributed by atoms with Crippen LogP contribution >= 0.6 is 22.9 Å². The third-order valence-electron chi connectivity index (χ3n) is 3.22. The van der Waals surface area contributed by atoms with Crippen molar-refractivity contribution in [2.45, 2.75) is 26.4 Å². The molecule has 5 heteroatoms. The molecule has 1 N–H and O–H groups in total. The summed E-state index contributed by atoms with van der Waals surface area (Å²) < 4.78 is 14.3. The van der Waals surface area contributed by atoms with Crippen molar-refractivity contribution in [1.29, 1.82) is 0 Å². The van der Waals surface area contributed by atoms with E-state index in [1.54, 1.807) is 17.4 Å². The van der Waals surface area contributed by atoms with Crippen LogP contribution < -0.4 is 10.2 Å². The molecule has 0 aliphatic rings. The smallest absolute Gasteiger partial charge is 0.123 e. The van der Waals surface area contributed by atoms with Gasteiger partial charge in [-0.05, 0) is 48.9 Å². The number of nitrogens with one attached hydrogen (secondary N) is 1. The molecular weight excluding hydrogens is 307 g/mol. The van der Waals surface area contributed by atoms with Gasteiger partial charge in [0.05, 0.1) is 10.9 Å². The maximum atomic E-state index is 13.5. The van der Waals surface area contributed by atoms with Gasteiger partial charge in [0.25, 0.3) is 0 Å². The van der Waals surface area contributed by atoms with Gasteiger partial charge < -0.3 is 10.2 Å². The maximum Gasteiger partial charge on any atom is 0.123 e. The average Bonchev–Trinajstić information content (AvgIpc) is 2.84. The van der Waals surface area contributed by atoms with Crippen LogP contribution in [0.4, 0.5) is 10.1 Å². The summed E-state index contributed by atoms with van der Waals surface area (Å²) in [7, 11) is 2.02. The Kier molecular flexibility index (Phi) is 6.03. The predicted molar refractivity (Wildman–Crippen MR) is 89.8 cm³/mol. The number of hydrogen-bond acceptors (Lipinski definition) is 3. The molecule has 21 heavy (non-hydrogen) atoms. The molecule has 114 valence electrons. The number of rotatable bonds is 7. The minimum Gasteiger partial charge on any atom is -0.369 e. The third-order valence-corrected chi connectivity index (χ3v) is 4.43. The van der Waals surface area contributed by atoms with Crippen molar-refractivity contribution in [2.75, 3.05) is 18.5 Å². The number of hydrogen-bond donors (Lipinski definition) is 1. The van der Waals surface area contributed by atoms with Crippen LogP contribution in [0.25, 0.3) is 0 Å². The van der Waals surface area contributed by atoms with Gasteiger partial charge in [0.1, 0.15) is 5.82 Å². The van der Waals surface area contributed by atoms with Gasteiger partial charge in [-0.15, -0.1) is 11.3 Å². The van der Waals surface area contributed by atoms with Crippen LogP contribution in [-0.4, -0.2) is 13.6 Å². The summed E-state index contributed by atoms with van der Waals surface area (Å²) >= 11 is 7.54. The lowest BCUT2D eigenvalue weighted by molar-refractivity contribution is 0.618. The first-order chi connectivity index (χ1) is 10.1. The molecule has 0 unspecified atom stereocenters. The molecular formula is C16H20ClFN2S. The molecule has 0 saturated carbocycles. The van der Waals surface area contributed by atoms with E-state index in [9.17, 15) is 4.39 Å². The summed E-state index contributed by atoms with van der Waals surface area (Å²) in [5.41, 5.74) is 2.03. The minimum absolute atomic E-state index is 0.195. The minimum atomic E-state index is -0.195. The highest BCUT2D eigenvalue weighted by Gasteiger charge is 2.10. The van der Waals surface area contributed by atoms with Crippen molar-refractivity contribution >= 4 is 28.6 Å². The zero-order valence-corrected chi connectivity index (χ0v) is 13.9. The summed E-state index contributed by atoms with van der Waals surface area (Å²) in [5, 5.41) is 3.33. The quantitative estimate of drug-likeness (QED) is 0.743.